The van der Waals surface area contributed by atoms with Crippen LogP contribution in [0.4, 0.5) is 5.69 Å². The number of rotatable bonds is 7. The number of carbonyl (C=O) groups is 3. The van der Waals surface area contributed by atoms with Crippen molar-refractivity contribution in [2.75, 3.05) is 18.5 Å². The standard InChI is InChI=1S/C23H28N2O4/c1-16-6-5-7-19(14-16)25-20(26)15-29-21(27)12-13-24-22(28)17-8-10-18(11-9-17)23(2,3)4/h5-11,14H,12-13,15H2,1-4H3,(H,24,28)(H,25,26). The van der Waals surface area contributed by atoms with Gasteiger partial charge in [0, 0.05) is 17.8 Å². The van der Waals surface area contributed by atoms with Crippen LogP contribution in [-0.4, -0.2) is 30.9 Å². The van der Waals surface area contributed by atoms with Gasteiger partial charge in [-0.2, -0.15) is 0 Å². The molecule has 0 saturated heterocycles. The molecule has 2 N–H and O–H groups in total. The van der Waals surface area contributed by atoms with E-state index in [2.05, 4.69) is 31.4 Å². The molecule has 0 radical (unpaired) electrons. The zero-order valence-corrected chi connectivity index (χ0v) is 17.4. The fraction of sp³-hybridized carbons (Fsp3) is 0.348. The molecule has 0 aliphatic heterocycles. The van der Waals surface area contributed by atoms with Gasteiger partial charge in [0.25, 0.3) is 11.8 Å². The minimum absolute atomic E-state index is 0.0104. The van der Waals surface area contributed by atoms with Crippen LogP contribution in [0.5, 0.6) is 0 Å². The van der Waals surface area contributed by atoms with Crippen molar-refractivity contribution in [3.63, 3.8) is 0 Å². The smallest absolute Gasteiger partial charge is 0.308 e. The summed E-state index contributed by atoms with van der Waals surface area (Å²) in [5.74, 6) is -1.21. The van der Waals surface area contributed by atoms with E-state index < -0.39 is 11.9 Å². The first-order chi connectivity index (χ1) is 13.6. The van der Waals surface area contributed by atoms with Crippen LogP contribution in [0.1, 0.15) is 48.7 Å². The average Bonchev–Trinajstić information content (AvgIpc) is 2.66. The number of hydrogen-bond acceptors (Lipinski definition) is 4. The van der Waals surface area contributed by atoms with Crippen LogP contribution in [0, 0.1) is 6.92 Å². The Hall–Kier alpha value is -3.15. The first-order valence-corrected chi connectivity index (χ1v) is 9.56. The number of aryl methyl sites for hydroxylation is 1. The molecule has 154 valence electrons. The van der Waals surface area contributed by atoms with E-state index >= 15 is 0 Å². The highest BCUT2D eigenvalue weighted by molar-refractivity contribution is 5.94. The summed E-state index contributed by atoms with van der Waals surface area (Å²) in [5.41, 5.74) is 3.36. The quantitative estimate of drug-likeness (QED) is 0.701. The molecule has 6 nitrogen and oxygen atoms in total. The molecule has 0 heterocycles. The number of anilines is 1. The van der Waals surface area contributed by atoms with Crippen LogP contribution in [-0.2, 0) is 19.7 Å². The normalized spacial score (nSPS) is 10.9. The van der Waals surface area contributed by atoms with Gasteiger partial charge in [-0.05, 0) is 47.7 Å². The molecule has 29 heavy (non-hydrogen) atoms. The fourth-order valence-electron chi connectivity index (χ4n) is 2.64. The number of ether oxygens (including phenoxy) is 1. The van der Waals surface area contributed by atoms with Gasteiger partial charge in [0.15, 0.2) is 6.61 Å². The third kappa shape index (κ3) is 7.41. The minimum atomic E-state index is -0.548. The van der Waals surface area contributed by atoms with Gasteiger partial charge in [-0.3, -0.25) is 14.4 Å². The van der Waals surface area contributed by atoms with Gasteiger partial charge in [0.05, 0.1) is 6.42 Å². The monoisotopic (exact) mass is 396 g/mol. The van der Waals surface area contributed by atoms with Gasteiger partial charge in [-0.15, -0.1) is 0 Å². The lowest BCUT2D eigenvalue weighted by Gasteiger charge is -2.19. The molecule has 2 aromatic rings. The molecule has 0 atom stereocenters. The molecule has 0 bridgehead atoms. The zero-order valence-electron chi connectivity index (χ0n) is 17.4. The molecule has 2 amide bonds. The van der Waals surface area contributed by atoms with E-state index in [9.17, 15) is 14.4 Å². The van der Waals surface area contributed by atoms with Gasteiger partial charge in [-0.1, -0.05) is 45.0 Å². The largest absolute Gasteiger partial charge is 0.456 e. The highest BCUT2D eigenvalue weighted by atomic mass is 16.5. The van der Waals surface area contributed by atoms with E-state index in [4.69, 9.17) is 4.74 Å². The first kappa shape index (κ1) is 22.1. The lowest BCUT2D eigenvalue weighted by Crippen LogP contribution is -2.27. The molecule has 6 heteroatoms. The van der Waals surface area contributed by atoms with Crippen LogP contribution in [0.25, 0.3) is 0 Å². The number of benzene rings is 2. The number of hydrogen-bond donors (Lipinski definition) is 2. The lowest BCUT2D eigenvalue weighted by molar-refractivity contribution is -0.147. The van der Waals surface area contributed by atoms with Crippen molar-refractivity contribution in [1.82, 2.24) is 5.32 Å². The summed E-state index contributed by atoms with van der Waals surface area (Å²) in [5, 5.41) is 5.34. The first-order valence-electron chi connectivity index (χ1n) is 9.56. The Morgan fingerprint density at radius 3 is 2.31 bits per heavy atom. The van der Waals surface area contributed by atoms with E-state index in [1.807, 2.05) is 37.3 Å². The summed E-state index contributed by atoms with van der Waals surface area (Å²) in [4.78, 5) is 35.8. The molecule has 0 unspecified atom stereocenters. The summed E-state index contributed by atoms with van der Waals surface area (Å²) < 4.78 is 4.94. The SMILES string of the molecule is Cc1cccc(NC(=O)COC(=O)CCNC(=O)c2ccc(C(C)(C)C)cc2)c1. The van der Waals surface area contributed by atoms with Crippen LogP contribution in [0.2, 0.25) is 0 Å². The Balaban J connectivity index is 1.69. The minimum Gasteiger partial charge on any atom is -0.456 e. The van der Waals surface area contributed by atoms with Crippen molar-refractivity contribution in [1.29, 1.82) is 0 Å². The molecule has 0 aliphatic rings. The third-order valence-electron chi connectivity index (χ3n) is 4.29. The summed E-state index contributed by atoms with van der Waals surface area (Å²) in [6.45, 7) is 8.01. The van der Waals surface area contributed by atoms with Gasteiger partial charge in [0.1, 0.15) is 0 Å². The number of esters is 1. The predicted octanol–water partition coefficient (Wildman–Crippen LogP) is 3.59. The van der Waals surface area contributed by atoms with Gasteiger partial charge in [-0.25, -0.2) is 0 Å². The van der Waals surface area contributed by atoms with Crippen molar-refractivity contribution in [3.05, 3.63) is 65.2 Å². The second kappa shape index (κ2) is 9.87. The highest BCUT2D eigenvalue weighted by Gasteiger charge is 2.14. The molecule has 0 saturated carbocycles. The maximum Gasteiger partial charge on any atom is 0.308 e. The van der Waals surface area contributed by atoms with E-state index in [0.717, 1.165) is 11.1 Å². The Bertz CT molecular complexity index is 867. The van der Waals surface area contributed by atoms with E-state index in [1.54, 1.807) is 18.2 Å². The summed E-state index contributed by atoms with van der Waals surface area (Å²) >= 11 is 0. The molecule has 2 rings (SSSR count). The molecule has 0 spiro atoms. The van der Waals surface area contributed by atoms with Gasteiger partial charge in [0.2, 0.25) is 0 Å². The Morgan fingerprint density at radius 2 is 1.69 bits per heavy atom. The zero-order chi connectivity index (χ0) is 21.4. The van der Waals surface area contributed by atoms with Crippen LogP contribution < -0.4 is 10.6 Å². The molecule has 0 aliphatic carbocycles. The molecule has 0 fully saturated rings. The maximum absolute atomic E-state index is 12.2. The maximum atomic E-state index is 12.2. The van der Waals surface area contributed by atoms with Gasteiger partial charge < -0.3 is 15.4 Å². The van der Waals surface area contributed by atoms with Gasteiger partial charge >= 0.3 is 5.97 Å². The highest BCUT2D eigenvalue weighted by Crippen LogP contribution is 2.22. The number of nitrogens with one attached hydrogen (secondary N) is 2. The number of amides is 2. The van der Waals surface area contributed by atoms with Crippen molar-refractivity contribution in [2.45, 2.75) is 39.5 Å². The van der Waals surface area contributed by atoms with Crippen LogP contribution >= 0.6 is 0 Å². The van der Waals surface area contributed by atoms with E-state index in [-0.39, 0.29) is 30.9 Å². The molecule has 0 aromatic heterocycles. The van der Waals surface area contributed by atoms with Crippen molar-refractivity contribution >= 4 is 23.5 Å². The molecular weight excluding hydrogens is 368 g/mol. The Kier molecular flexibility index (Phi) is 7.53. The van der Waals surface area contributed by atoms with E-state index in [0.29, 0.717) is 11.3 Å². The van der Waals surface area contributed by atoms with Crippen molar-refractivity contribution in [2.24, 2.45) is 0 Å². The summed E-state index contributed by atoms with van der Waals surface area (Å²) in [6.07, 6.45) is -0.0104. The average molecular weight is 396 g/mol. The topological polar surface area (TPSA) is 84.5 Å². The lowest BCUT2D eigenvalue weighted by atomic mass is 9.87. The summed E-state index contributed by atoms with van der Waals surface area (Å²) in [6, 6.07) is 14.7. The Morgan fingerprint density at radius 1 is 1.00 bits per heavy atom. The van der Waals surface area contributed by atoms with Crippen molar-refractivity contribution < 1.29 is 19.1 Å². The van der Waals surface area contributed by atoms with E-state index in [1.165, 1.54) is 0 Å². The number of carbonyl (C=O) groups excluding carboxylic acids is 3. The third-order valence-corrected chi connectivity index (χ3v) is 4.29. The summed E-state index contributed by atoms with van der Waals surface area (Å²) in [7, 11) is 0. The van der Waals surface area contributed by atoms with Crippen LogP contribution in [0.3, 0.4) is 0 Å². The van der Waals surface area contributed by atoms with Crippen LogP contribution in [0.15, 0.2) is 48.5 Å². The Labute approximate surface area is 171 Å². The second-order valence-electron chi connectivity index (χ2n) is 7.91. The molecule has 2 aromatic carbocycles. The predicted molar refractivity (Wildman–Crippen MR) is 113 cm³/mol. The second-order valence-corrected chi connectivity index (χ2v) is 7.91. The fourth-order valence-corrected chi connectivity index (χ4v) is 2.64. The van der Waals surface area contributed by atoms with Crippen molar-refractivity contribution in [3.8, 4) is 0 Å². The molecular formula is C23H28N2O4.